The van der Waals surface area contributed by atoms with E-state index in [0.29, 0.717) is 5.95 Å². The Bertz CT molecular complexity index is 1100. The second-order valence-electron chi connectivity index (χ2n) is 7.74. The molecular weight excluding hydrogens is 368 g/mol. The lowest BCUT2D eigenvalue weighted by molar-refractivity contribution is 0.978. The van der Waals surface area contributed by atoms with Gasteiger partial charge in [-0.1, -0.05) is 71.8 Å². The summed E-state index contributed by atoms with van der Waals surface area (Å²) in [5.74, 6) is 1.55. The van der Waals surface area contributed by atoms with Crippen LogP contribution in [0.2, 0.25) is 0 Å². The van der Waals surface area contributed by atoms with Crippen molar-refractivity contribution in [1.82, 2.24) is 9.97 Å². The predicted molar refractivity (Wildman–Crippen MR) is 126 cm³/mol. The van der Waals surface area contributed by atoms with Gasteiger partial charge in [0.1, 0.15) is 5.82 Å². The van der Waals surface area contributed by atoms with E-state index in [4.69, 9.17) is 9.97 Å². The molecule has 0 atom stereocenters. The third-order valence-corrected chi connectivity index (χ3v) is 5.25. The number of nitrogens with zero attached hydrogens (tertiary/aromatic N) is 2. The first-order valence-electron chi connectivity index (χ1n) is 10.5. The highest BCUT2D eigenvalue weighted by atomic mass is 15.1. The maximum absolute atomic E-state index is 4.76. The Labute approximate surface area is 178 Å². The molecule has 4 aromatic rings. The number of para-hydroxylation sites is 1. The van der Waals surface area contributed by atoms with E-state index in [-0.39, 0.29) is 0 Å². The van der Waals surface area contributed by atoms with Crippen LogP contribution in [0.1, 0.15) is 22.3 Å². The van der Waals surface area contributed by atoms with Crippen molar-refractivity contribution in [3.8, 4) is 0 Å². The Morgan fingerprint density at radius 1 is 0.633 bits per heavy atom. The molecule has 0 spiro atoms. The molecule has 0 bridgehead atoms. The smallest absolute Gasteiger partial charge is 0.225 e. The van der Waals surface area contributed by atoms with Crippen LogP contribution in [-0.2, 0) is 12.8 Å². The highest BCUT2D eigenvalue weighted by Gasteiger charge is 2.07. The minimum absolute atomic E-state index is 0.665. The fourth-order valence-corrected chi connectivity index (χ4v) is 3.44. The van der Waals surface area contributed by atoms with Crippen molar-refractivity contribution in [2.75, 3.05) is 23.7 Å². The molecule has 0 saturated heterocycles. The first-order valence-corrected chi connectivity index (χ1v) is 10.5. The molecule has 4 nitrogen and oxygen atoms in total. The van der Waals surface area contributed by atoms with Crippen LogP contribution in [-0.4, -0.2) is 23.1 Å². The number of hydrogen-bond acceptors (Lipinski definition) is 4. The molecule has 0 amide bonds. The van der Waals surface area contributed by atoms with Crippen molar-refractivity contribution in [2.45, 2.75) is 26.7 Å². The number of rotatable bonds is 8. The molecule has 152 valence electrons. The summed E-state index contributed by atoms with van der Waals surface area (Å²) in [5.41, 5.74) is 6.15. The summed E-state index contributed by atoms with van der Waals surface area (Å²) in [6, 6.07) is 25.5. The molecule has 0 saturated carbocycles. The van der Waals surface area contributed by atoms with Crippen LogP contribution in [0.15, 0.2) is 72.8 Å². The van der Waals surface area contributed by atoms with Crippen LogP contribution in [0.4, 0.5) is 11.8 Å². The molecule has 2 N–H and O–H groups in total. The Morgan fingerprint density at radius 3 is 1.83 bits per heavy atom. The van der Waals surface area contributed by atoms with Gasteiger partial charge >= 0.3 is 0 Å². The largest absolute Gasteiger partial charge is 0.369 e. The summed E-state index contributed by atoms with van der Waals surface area (Å²) >= 11 is 0. The molecule has 0 fully saturated rings. The number of nitrogens with one attached hydrogen (secondary N) is 2. The summed E-state index contributed by atoms with van der Waals surface area (Å²) in [4.78, 5) is 9.45. The summed E-state index contributed by atoms with van der Waals surface area (Å²) in [6.07, 6.45) is 1.89. The topological polar surface area (TPSA) is 49.8 Å². The SMILES string of the molecule is Cc1ccc(CCNc2nc(NCCc3ccc(C)cc3)c3ccccc3n2)cc1. The molecule has 0 radical (unpaired) electrons. The summed E-state index contributed by atoms with van der Waals surface area (Å²) in [5, 5.41) is 7.95. The van der Waals surface area contributed by atoms with E-state index in [1.54, 1.807) is 0 Å². The zero-order chi connectivity index (χ0) is 20.8. The lowest BCUT2D eigenvalue weighted by Gasteiger charge is -2.12. The number of aromatic nitrogens is 2. The van der Waals surface area contributed by atoms with Crippen LogP contribution < -0.4 is 10.6 Å². The summed E-state index contributed by atoms with van der Waals surface area (Å²) in [7, 11) is 0. The van der Waals surface area contributed by atoms with E-state index < -0.39 is 0 Å². The molecule has 4 heteroatoms. The van der Waals surface area contributed by atoms with E-state index in [0.717, 1.165) is 42.7 Å². The average Bonchev–Trinajstić information content (AvgIpc) is 2.76. The summed E-state index contributed by atoms with van der Waals surface area (Å²) < 4.78 is 0. The monoisotopic (exact) mass is 396 g/mol. The van der Waals surface area contributed by atoms with Crippen molar-refractivity contribution in [1.29, 1.82) is 0 Å². The highest BCUT2D eigenvalue weighted by Crippen LogP contribution is 2.22. The van der Waals surface area contributed by atoms with Crippen LogP contribution in [0.3, 0.4) is 0 Å². The minimum Gasteiger partial charge on any atom is -0.369 e. The van der Waals surface area contributed by atoms with Gasteiger partial charge < -0.3 is 10.6 Å². The molecule has 0 unspecified atom stereocenters. The van der Waals surface area contributed by atoms with Crippen molar-refractivity contribution >= 4 is 22.7 Å². The van der Waals surface area contributed by atoms with Crippen LogP contribution in [0.25, 0.3) is 10.9 Å². The number of hydrogen-bond donors (Lipinski definition) is 2. The van der Waals surface area contributed by atoms with Gasteiger partial charge in [0.25, 0.3) is 0 Å². The molecule has 4 rings (SSSR count). The third kappa shape index (κ3) is 5.15. The van der Waals surface area contributed by atoms with E-state index in [2.05, 4.69) is 79.1 Å². The second-order valence-corrected chi connectivity index (χ2v) is 7.74. The highest BCUT2D eigenvalue weighted by molar-refractivity contribution is 5.90. The molecule has 1 heterocycles. The van der Waals surface area contributed by atoms with E-state index in [1.807, 2.05) is 18.2 Å². The van der Waals surface area contributed by atoms with E-state index in [1.165, 1.54) is 22.3 Å². The molecule has 3 aromatic carbocycles. The van der Waals surface area contributed by atoms with Gasteiger partial charge in [0.05, 0.1) is 5.52 Å². The standard InChI is InChI=1S/C26H28N4/c1-19-7-11-21(12-8-19)15-17-27-25-23-5-3-4-6-24(23)29-26(30-25)28-18-16-22-13-9-20(2)10-14-22/h3-14H,15-18H2,1-2H3,(H2,27,28,29,30). The van der Waals surface area contributed by atoms with Crippen molar-refractivity contribution < 1.29 is 0 Å². The van der Waals surface area contributed by atoms with Gasteiger partial charge in [0.2, 0.25) is 5.95 Å². The minimum atomic E-state index is 0.665. The maximum atomic E-state index is 4.76. The quantitative estimate of drug-likeness (QED) is 0.410. The molecule has 0 aliphatic carbocycles. The van der Waals surface area contributed by atoms with Crippen molar-refractivity contribution in [2.24, 2.45) is 0 Å². The van der Waals surface area contributed by atoms with Gasteiger partial charge in [-0.15, -0.1) is 0 Å². The second kappa shape index (κ2) is 9.40. The fraction of sp³-hybridized carbons (Fsp3) is 0.231. The first-order chi connectivity index (χ1) is 14.7. The Morgan fingerprint density at radius 2 is 1.20 bits per heavy atom. The molecule has 0 aliphatic rings. The number of benzene rings is 3. The van der Waals surface area contributed by atoms with Gasteiger partial charge in [-0.3, -0.25) is 0 Å². The lowest BCUT2D eigenvalue weighted by Crippen LogP contribution is -2.12. The zero-order valence-corrected chi connectivity index (χ0v) is 17.7. The molecule has 0 aliphatic heterocycles. The van der Waals surface area contributed by atoms with Crippen LogP contribution in [0, 0.1) is 13.8 Å². The van der Waals surface area contributed by atoms with E-state index >= 15 is 0 Å². The first kappa shape index (κ1) is 19.9. The van der Waals surface area contributed by atoms with Gasteiger partial charge in [0.15, 0.2) is 0 Å². The van der Waals surface area contributed by atoms with Crippen molar-refractivity contribution in [3.05, 3.63) is 95.1 Å². The zero-order valence-electron chi connectivity index (χ0n) is 17.7. The van der Waals surface area contributed by atoms with Crippen molar-refractivity contribution in [3.63, 3.8) is 0 Å². The van der Waals surface area contributed by atoms with E-state index in [9.17, 15) is 0 Å². The van der Waals surface area contributed by atoms with Crippen LogP contribution >= 0.6 is 0 Å². The third-order valence-electron chi connectivity index (χ3n) is 5.25. The Kier molecular flexibility index (Phi) is 6.23. The average molecular weight is 397 g/mol. The molecular formula is C26H28N4. The molecule has 30 heavy (non-hydrogen) atoms. The van der Waals surface area contributed by atoms with Gasteiger partial charge in [-0.25, -0.2) is 4.98 Å². The lowest BCUT2D eigenvalue weighted by atomic mass is 10.1. The summed E-state index contributed by atoms with van der Waals surface area (Å²) in [6.45, 7) is 5.85. The Balaban J connectivity index is 1.43. The van der Waals surface area contributed by atoms with Gasteiger partial charge in [-0.2, -0.15) is 4.98 Å². The van der Waals surface area contributed by atoms with Gasteiger partial charge in [-0.05, 0) is 49.9 Å². The maximum Gasteiger partial charge on any atom is 0.225 e. The fourth-order valence-electron chi connectivity index (χ4n) is 3.44. The number of aryl methyl sites for hydroxylation is 2. The Hall–Kier alpha value is -3.40. The number of anilines is 2. The van der Waals surface area contributed by atoms with Crippen LogP contribution in [0.5, 0.6) is 0 Å². The molecule has 1 aromatic heterocycles. The van der Waals surface area contributed by atoms with Gasteiger partial charge in [0, 0.05) is 18.5 Å². The predicted octanol–water partition coefficient (Wildman–Crippen LogP) is 5.56. The normalized spacial score (nSPS) is 10.9. The number of fused-ring (bicyclic) bond motifs is 1.